The Bertz CT molecular complexity index is 1180. The van der Waals surface area contributed by atoms with Crippen molar-refractivity contribution in [2.24, 2.45) is 5.92 Å². The van der Waals surface area contributed by atoms with Gasteiger partial charge in [0.05, 0.1) is 11.9 Å². The SMILES string of the molecule is CC(C)C1NCCc2ccc(Nc3ncc(Cl)c(Nc4ccccc4P(C)(C)=O)n3)cc21. The van der Waals surface area contributed by atoms with Crippen molar-refractivity contribution < 1.29 is 4.57 Å². The molecule has 0 amide bonds. The van der Waals surface area contributed by atoms with Gasteiger partial charge in [-0.15, -0.1) is 0 Å². The Morgan fingerprint density at radius 2 is 1.94 bits per heavy atom. The molecule has 0 radical (unpaired) electrons. The number of para-hydroxylation sites is 1. The number of rotatable bonds is 6. The molecule has 168 valence electrons. The summed E-state index contributed by atoms with van der Waals surface area (Å²) in [6, 6.07) is 14.3. The molecule has 1 aliphatic heterocycles. The molecule has 0 saturated heterocycles. The van der Waals surface area contributed by atoms with E-state index in [4.69, 9.17) is 11.6 Å². The van der Waals surface area contributed by atoms with Gasteiger partial charge < -0.3 is 20.5 Å². The number of hydrogen-bond donors (Lipinski definition) is 3. The van der Waals surface area contributed by atoms with Crippen molar-refractivity contribution in [1.82, 2.24) is 15.3 Å². The number of halogens is 1. The van der Waals surface area contributed by atoms with Crippen molar-refractivity contribution >= 4 is 47.2 Å². The zero-order valence-electron chi connectivity index (χ0n) is 18.8. The minimum atomic E-state index is -2.47. The average Bonchev–Trinajstić information content (AvgIpc) is 2.75. The molecular formula is C24H29ClN5OP. The molecule has 0 fully saturated rings. The molecule has 0 spiro atoms. The Morgan fingerprint density at radius 3 is 2.69 bits per heavy atom. The topological polar surface area (TPSA) is 78.9 Å². The van der Waals surface area contributed by atoms with Crippen LogP contribution in [0.15, 0.2) is 48.7 Å². The molecule has 2 heterocycles. The van der Waals surface area contributed by atoms with Crippen LogP contribution in [0.5, 0.6) is 0 Å². The largest absolute Gasteiger partial charge is 0.338 e. The van der Waals surface area contributed by atoms with E-state index >= 15 is 0 Å². The molecule has 0 saturated carbocycles. The van der Waals surface area contributed by atoms with Crippen LogP contribution in [0.1, 0.15) is 31.0 Å². The fourth-order valence-electron chi connectivity index (χ4n) is 4.08. The highest BCUT2D eigenvalue weighted by Gasteiger charge is 2.23. The van der Waals surface area contributed by atoms with E-state index in [9.17, 15) is 4.57 Å². The summed E-state index contributed by atoms with van der Waals surface area (Å²) < 4.78 is 12.7. The standard InChI is InChI=1S/C24H29ClN5OP/c1-15(2)22-18-13-17(10-9-16(18)11-12-26-22)28-24-27-14-19(25)23(30-24)29-20-7-5-6-8-21(20)32(3,4)31/h5-10,13-15,22,26H,11-12H2,1-4H3,(H2,27,28,29,30). The molecule has 2 aromatic carbocycles. The van der Waals surface area contributed by atoms with Gasteiger partial charge in [-0.05, 0) is 67.6 Å². The first-order chi connectivity index (χ1) is 15.2. The summed E-state index contributed by atoms with van der Waals surface area (Å²) in [5.74, 6) is 1.40. The van der Waals surface area contributed by atoms with Crippen LogP contribution >= 0.6 is 18.7 Å². The lowest BCUT2D eigenvalue weighted by molar-refractivity contribution is 0.395. The van der Waals surface area contributed by atoms with Gasteiger partial charge in [0.1, 0.15) is 12.2 Å². The number of nitrogens with zero attached hydrogens (tertiary/aromatic N) is 2. The summed E-state index contributed by atoms with van der Waals surface area (Å²) in [4.78, 5) is 8.93. The number of benzene rings is 2. The second-order valence-corrected chi connectivity index (χ2v) is 12.4. The van der Waals surface area contributed by atoms with Crippen LogP contribution in [-0.4, -0.2) is 29.8 Å². The number of fused-ring (bicyclic) bond motifs is 1. The Hall–Kier alpha value is -2.40. The van der Waals surface area contributed by atoms with Crippen molar-refractivity contribution in [3.63, 3.8) is 0 Å². The van der Waals surface area contributed by atoms with Gasteiger partial charge in [0.25, 0.3) is 0 Å². The Labute approximate surface area is 194 Å². The maximum Gasteiger partial charge on any atom is 0.229 e. The molecule has 1 atom stereocenters. The predicted molar refractivity (Wildman–Crippen MR) is 135 cm³/mol. The summed E-state index contributed by atoms with van der Waals surface area (Å²) in [6.07, 6.45) is 2.60. The summed E-state index contributed by atoms with van der Waals surface area (Å²) >= 11 is 6.37. The predicted octanol–water partition coefficient (Wildman–Crippen LogP) is 5.71. The third-order valence-electron chi connectivity index (χ3n) is 5.64. The fraction of sp³-hybridized carbons (Fsp3) is 0.333. The lowest BCUT2D eigenvalue weighted by Crippen LogP contribution is -2.33. The van der Waals surface area contributed by atoms with Crippen LogP contribution in [0, 0.1) is 5.92 Å². The highest BCUT2D eigenvalue weighted by Crippen LogP contribution is 2.38. The van der Waals surface area contributed by atoms with Gasteiger partial charge in [-0.2, -0.15) is 4.98 Å². The van der Waals surface area contributed by atoms with Crippen molar-refractivity contribution in [2.75, 3.05) is 30.5 Å². The van der Waals surface area contributed by atoms with E-state index < -0.39 is 7.14 Å². The smallest absolute Gasteiger partial charge is 0.229 e. The van der Waals surface area contributed by atoms with Crippen molar-refractivity contribution in [3.8, 4) is 0 Å². The van der Waals surface area contributed by atoms with Gasteiger partial charge in [-0.25, -0.2) is 4.98 Å². The van der Waals surface area contributed by atoms with Gasteiger partial charge in [0.15, 0.2) is 5.82 Å². The molecule has 3 N–H and O–H groups in total. The van der Waals surface area contributed by atoms with Gasteiger partial charge in [-0.3, -0.25) is 0 Å². The van der Waals surface area contributed by atoms with E-state index in [2.05, 4.69) is 58.0 Å². The van der Waals surface area contributed by atoms with E-state index in [1.165, 1.54) is 11.1 Å². The zero-order valence-corrected chi connectivity index (χ0v) is 20.5. The Kier molecular flexibility index (Phi) is 6.57. The summed E-state index contributed by atoms with van der Waals surface area (Å²) in [5.41, 5.74) is 4.36. The van der Waals surface area contributed by atoms with Gasteiger partial charge in [0.2, 0.25) is 5.95 Å². The first-order valence-electron chi connectivity index (χ1n) is 10.8. The van der Waals surface area contributed by atoms with Gasteiger partial charge in [-0.1, -0.05) is 43.6 Å². The number of hydrogen-bond acceptors (Lipinski definition) is 6. The summed E-state index contributed by atoms with van der Waals surface area (Å²) in [5, 5.41) is 11.3. The minimum Gasteiger partial charge on any atom is -0.338 e. The second-order valence-electron chi connectivity index (χ2n) is 8.85. The van der Waals surface area contributed by atoms with Crippen LogP contribution in [0.2, 0.25) is 5.02 Å². The molecule has 1 aromatic heterocycles. The highest BCUT2D eigenvalue weighted by molar-refractivity contribution is 7.70. The summed E-state index contributed by atoms with van der Waals surface area (Å²) in [6.45, 7) is 8.96. The Morgan fingerprint density at radius 1 is 1.16 bits per heavy atom. The van der Waals surface area contributed by atoms with E-state index in [1.54, 1.807) is 19.5 Å². The Balaban J connectivity index is 1.61. The molecule has 1 aliphatic rings. The molecule has 32 heavy (non-hydrogen) atoms. The van der Waals surface area contributed by atoms with E-state index in [1.807, 2.05) is 24.3 Å². The lowest BCUT2D eigenvalue weighted by atomic mass is 9.87. The maximum absolute atomic E-state index is 12.7. The maximum atomic E-state index is 12.7. The third kappa shape index (κ3) is 4.98. The van der Waals surface area contributed by atoms with Crippen LogP contribution < -0.4 is 21.3 Å². The minimum absolute atomic E-state index is 0.333. The molecule has 1 unspecified atom stereocenters. The highest BCUT2D eigenvalue weighted by atomic mass is 35.5. The monoisotopic (exact) mass is 469 g/mol. The van der Waals surface area contributed by atoms with Crippen LogP contribution in [0.4, 0.5) is 23.1 Å². The molecule has 0 aliphatic carbocycles. The molecular weight excluding hydrogens is 441 g/mol. The number of nitrogens with one attached hydrogen (secondary N) is 3. The number of aromatic nitrogens is 2. The van der Waals surface area contributed by atoms with Gasteiger partial charge >= 0.3 is 0 Å². The number of anilines is 4. The third-order valence-corrected chi connectivity index (χ3v) is 7.47. The van der Waals surface area contributed by atoms with Gasteiger partial charge in [0, 0.05) is 17.0 Å². The van der Waals surface area contributed by atoms with Crippen molar-refractivity contribution in [1.29, 1.82) is 0 Å². The van der Waals surface area contributed by atoms with Crippen molar-refractivity contribution in [3.05, 3.63) is 64.8 Å². The lowest BCUT2D eigenvalue weighted by Gasteiger charge is -2.30. The first-order valence-corrected chi connectivity index (χ1v) is 13.8. The molecule has 0 bridgehead atoms. The van der Waals surface area contributed by atoms with E-state index in [0.717, 1.165) is 29.6 Å². The van der Waals surface area contributed by atoms with E-state index in [0.29, 0.717) is 28.7 Å². The molecule has 4 rings (SSSR count). The average molecular weight is 470 g/mol. The molecule has 6 nitrogen and oxygen atoms in total. The second kappa shape index (κ2) is 9.22. The van der Waals surface area contributed by atoms with Crippen LogP contribution in [0.25, 0.3) is 0 Å². The van der Waals surface area contributed by atoms with E-state index in [-0.39, 0.29) is 0 Å². The fourth-order valence-corrected chi connectivity index (χ4v) is 5.37. The normalized spacial score (nSPS) is 16.0. The van der Waals surface area contributed by atoms with Crippen LogP contribution in [-0.2, 0) is 11.0 Å². The molecule has 8 heteroatoms. The quantitative estimate of drug-likeness (QED) is 0.401. The summed E-state index contributed by atoms with van der Waals surface area (Å²) in [7, 11) is -2.47. The molecule has 3 aromatic rings. The van der Waals surface area contributed by atoms with Crippen LogP contribution in [0.3, 0.4) is 0 Å². The first kappa shape index (κ1) is 22.8. The zero-order chi connectivity index (χ0) is 22.9. The van der Waals surface area contributed by atoms with Crippen molar-refractivity contribution in [2.45, 2.75) is 26.3 Å².